The highest BCUT2D eigenvalue weighted by molar-refractivity contribution is 5.92. The van der Waals surface area contributed by atoms with E-state index in [0.717, 1.165) is 38.5 Å². The Morgan fingerprint density at radius 2 is 1.76 bits per heavy atom. The van der Waals surface area contributed by atoms with Gasteiger partial charge >= 0.3 is 0 Å². The zero-order chi connectivity index (χ0) is 17.8. The maximum Gasteiger partial charge on any atom is 0.181 e. The van der Waals surface area contributed by atoms with Gasteiger partial charge in [-0.3, -0.25) is 4.79 Å². The minimum atomic E-state index is -0.561. The summed E-state index contributed by atoms with van der Waals surface area (Å²) in [5.41, 5.74) is -0.898. The first kappa shape index (κ1) is 16.3. The number of hydrogen-bond acceptors (Lipinski definition) is 4. The van der Waals surface area contributed by atoms with E-state index in [1.165, 1.54) is 0 Å². The molecule has 0 unspecified atom stereocenters. The van der Waals surface area contributed by atoms with Crippen LogP contribution in [0.1, 0.15) is 65.7 Å². The van der Waals surface area contributed by atoms with E-state index < -0.39 is 11.5 Å². The number of ether oxygens (including phenoxy) is 1. The van der Waals surface area contributed by atoms with Gasteiger partial charge in [0.2, 0.25) is 0 Å². The molecule has 4 heteroatoms. The van der Waals surface area contributed by atoms with Gasteiger partial charge in [0.25, 0.3) is 0 Å². The van der Waals surface area contributed by atoms with Crippen LogP contribution in [0.5, 0.6) is 0 Å². The van der Waals surface area contributed by atoms with Crippen LogP contribution >= 0.6 is 0 Å². The normalized spacial score (nSPS) is 62.2. The molecule has 5 fully saturated rings. The van der Waals surface area contributed by atoms with Crippen molar-refractivity contribution in [2.45, 2.75) is 83.0 Å². The van der Waals surface area contributed by atoms with Crippen molar-refractivity contribution in [1.82, 2.24) is 0 Å². The summed E-state index contributed by atoms with van der Waals surface area (Å²) in [5.74, 6) is 1.21. The molecule has 9 atom stereocenters. The first-order valence-corrected chi connectivity index (χ1v) is 10.0. The predicted octanol–water partition coefficient (Wildman–Crippen LogP) is 3.23. The minimum absolute atomic E-state index is 0.0119. The molecule has 1 heterocycles. The number of aliphatic hydroxyl groups is 1. The molecular weight excluding hydrogens is 314 g/mol. The second-order valence-corrected chi connectivity index (χ2v) is 10.3. The van der Waals surface area contributed by atoms with Crippen LogP contribution < -0.4 is 0 Å². The largest absolute Gasteiger partial charge is 0.390 e. The summed E-state index contributed by atoms with van der Waals surface area (Å²) in [6, 6.07) is 2.26. The number of carbonyl (C=O) groups is 1. The van der Waals surface area contributed by atoms with Crippen LogP contribution in [-0.2, 0) is 9.53 Å². The SMILES string of the molecule is C[C@]1(O)CC[C@H]2[C@@H]3CC[C@@]45O[C@@H]4C(=O)[C@H](C#N)C[C@]5(C)[C@H]3CC[C@@]21C. The summed E-state index contributed by atoms with van der Waals surface area (Å²) < 4.78 is 6.09. The van der Waals surface area contributed by atoms with Crippen LogP contribution in [0.2, 0.25) is 0 Å². The Labute approximate surface area is 149 Å². The molecule has 0 amide bonds. The lowest BCUT2D eigenvalue weighted by atomic mass is 9.43. The minimum Gasteiger partial charge on any atom is -0.390 e. The van der Waals surface area contributed by atoms with Crippen LogP contribution in [0.15, 0.2) is 0 Å². The molecule has 1 aliphatic heterocycles. The van der Waals surface area contributed by atoms with Gasteiger partial charge in [0.15, 0.2) is 5.78 Å². The van der Waals surface area contributed by atoms with Crippen LogP contribution in [0.3, 0.4) is 0 Å². The van der Waals surface area contributed by atoms with E-state index in [2.05, 4.69) is 19.9 Å². The van der Waals surface area contributed by atoms with Crippen LogP contribution in [0.25, 0.3) is 0 Å². The third-order valence-corrected chi connectivity index (χ3v) is 9.71. The van der Waals surface area contributed by atoms with E-state index in [-0.39, 0.29) is 28.3 Å². The summed E-state index contributed by atoms with van der Waals surface area (Å²) in [6.45, 7) is 6.63. The van der Waals surface area contributed by atoms with E-state index >= 15 is 0 Å². The lowest BCUT2D eigenvalue weighted by Gasteiger charge is -2.60. The maximum absolute atomic E-state index is 12.5. The van der Waals surface area contributed by atoms with E-state index in [0.29, 0.717) is 24.2 Å². The number of nitrogens with zero attached hydrogens (tertiary/aromatic N) is 1. The van der Waals surface area contributed by atoms with Crippen molar-refractivity contribution in [3.8, 4) is 6.07 Å². The molecule has 0 aromatic heterocycles. The van der Waals surface area contributed by atoms with E-state index in [9.17, 15) is 15.2 Å². The highest BCUT2D eigenvalue weighted by atomic mass is 16.6. The second kappa shape index (κ2) is 4.49. The van der Waals surface area contributed by atoms with Crippen molar-refractivity contribution in [2.24, 2.45) is 34.5 Å². The smallest absolute Gasteiger partial charge is 0.181 e. The summed E-state index contributed by atoms with van der Waals surface area (Å²) in [5, 5.41) is 20.5. The third kappa shape index (κ3) is 1.64. The standard InChI is InChI=1S/C21H29NO3/c1-18-7-5-15-13(14(18)6-8-20(18,3)24)4-9-21-17(25-21)16(23)12(11-22)10-19(15,21)2/h12-15,17,24H,4-10H2,1-3H3/t12-,13-,14-,15-,17+,18-,19+,20-,21+/m0/s1. The van der Waals surface area contributed by atoms with Gasteiger partial charge in [0.05, 0.1) is 11.7 Å². The van der Waals surface area contributed by atoms with Crippen molar-refractivity contribution in [3.63, 3.8) is 0 Å². The van der Waals surface area contributed by atoms with Gasteiger partial charge in [-0.25, -0.2) is 0 Å². The van der Waals surface area contributed by atoms with Gasteiger partial charge in [-0.2, -0.15) is 5.26 Å². The Bertz CT molecular complexity index is 696. The molecule has 4 nitrogen and oxygen atoms in total. The monoisotopic (exact) mass is 343 g/mol. The maximum atomic E-state index is 12.5. The predicted molar refractivity (Wildman–Crippen MR) is 91.3 cm³/mol. The molecule has 5 aliphatic rings. The molecule has 0 bridgehead atoms. The van der Waals surface area contributed by atoms with Crippen LogP contribution in [0, 0.1) is 45.8 Å². The van der Waals surface area contributed by atoms with E-state index in [1.54, 1.807) is 0 Å². The van der Waals surface area contributed by atoms with Crippen molar-refractivity contribution in [3.05, 3.63) is 0 Å². The number of fused-ring (bicyclic) bond motifs is 4. The molecule has 0 radical (unpaired) electrons. The van der Waals surface area contributed by atoms with E-state index in [4.69, 9.17) is 4.74 Å². The quantitative estimate of drug-likeness (QED) is 0.685. The van der Waals surface area contributed by atoms with Crippen molar-refractivity contribution in [2.75, 3.05) is 0 Å². The molecule has 0 aromatic rings. The van der Waals surface area contributed by atoms with Crippen molar-refractivity contribution in [1.29, 1.82) is 5.26 Å². The number of nitriles is 1. The first-order chi connectivity index (χ1) is 11.7. The molecule has 1 saturated heterocycles. The molecule has 5 rings (SSSR count). The fourth-order valence-electron chi connectivity index (χ4n) is 7.93. The number of hydrogen-bond donors (Lipinski definition) is 1. The fraction of sp³-hybridized carbons (Fsp3) is 0.905. The zero-order valence-corrected chi connectivity index (χ0v) is 15.5. The summed E-state index contributed by atoms with van der Waals surface area (Å²) in [7, 11) is 0. The average Bonchev–Trinajstić information content (AvgIpc) is 3.25. The molecule has 4 saturated carbocycles. The summed E-state index contributed by atoms with van der Waals surface area (Å²) in [6.07, 6.45) is 6.56. The van der Waals surface area contributed by atoms with Gasteiger partial charge in [0.1, 0.15) is 17.6 Å². The summed E-state index contributed by atoms with van der Waals surface area (Å²) in [4.78, 5) is 12.5. The zero-order valence-electron chi connectivity index (χ0n) is 15.5. The first-order valence-electron chi connectivity index (χ1n) is 10.0. The fourth-order valence-corrected chi connectivity index (χ4v) is 7.93. The molecule has 136 valence electrons. The number of epoxide rings is 1. The van der Waals surface area contributed by atoms with Gasteiger partial charge < -0.3 is 9.84 Å². The topological polar surface area (TPSA) is 73.6 Å². The molecule has 1 spiro atoms. The van der Waals surface area contributed by atoms with Gasteiger partial charge in [-0.1, -0.05) is 13.8 Å². The Balaban J connectivity index is 1.53. The number of rotatable bonds is 0. The average molecular weight is 343 g/mol. The highest BCUT2D eigenvalue weighted by Gasteiger charge is 2.78. The Hall–Kier alpha value is -0.920. The Morgan fingerprint density at radius 1 is 1.08 bits per heavy atom. The molecule has 0 aromatic carbocycles. The van der Waals surface area contributed by atoms with Gasteiger partial charge in [-0.05, 0) is 75.0 Å². The number of Topliss-reactive ketones (excluding diaryl/α,β-unsaturated/α-hetero) is 1. The highest BCUT2D eigenvalue weighted by Crippen LogP contribution is 2.73. The Kier molecular flexibility index (Phi) is 2.92. The van der Waals surface area contributed by atoms with Gasteiger partial charge in [-0.15, -0.1) is 0 Å². The third-order valence-electron chi connectivity index (χ3n) is 9.71. The molecular formula is C21H29NO3. The van der Waals surface area contributed by atoms with E-state index in [1.807, 2.05) is 6.92 Å². The van der Waals surface area contributed by atoms with Gasteiger partial charge in [0, 0.05) is 5.41 Å². The van der Waals surface area contributed by atoms with Crippen molar-refractivity contribution >= 4 is 5.78 Å². The van der Waals surface area contributed by atoms with Crippen LogP contribution in [0.4, 0.5) is 0 Å². The van der Waals surface area contributed by atoms with Crippen molar-refractivity contribution < 1.29 is 14.6 Å². The lowest BCUT2D eigenvalue weighted by molar-refractivity contribution is -0.151. The molecule has 25 heavy (non-hydrogen) atoms. The number of carbonyl (C=O) groups excluding carboxylic acids is 1. The summed E-state index contributed by atoms with van der Waals surface area (Å²) >= 11 is 0. The number of ketones is 1. The lowest BCUT2D eigenvalue weighted by Crippen LogP contribution is -2.60. The second-order valence-electron chi connectivity index (χ2n) is 10.3. The molecule has 1 N–H and O–H groups in total. The Morgan fingerprint density at radius 3 is 2.48 bits per heavy atom. The van der Waals surface area contributed by atoms with Crippen LogP contribution in [-0.4, -0.2) is 28.2 Å². The molecule has 4 aliphatic carbocycles.